The minimum Gasteiger partial charge on any atom is -0.464 e. The van der Waals surface area contributed by atoms with Gasteiger partial charge in [0.05, 0.1) is 11.5 Å². The predicted molar refractivity (Wildman–Crippen MR) is 107 cm³/mol. The normalized spacial score (nSPS) is 11.9. The zero-order valence-electron chi connectivity index (χ0n) is 17.6. The van der Waals surface area contributed by atoms with Gasteiger partial charge in [0.2, 0.25) is 0 Å². The van der Waals surface area contributed by atoms with Crippen molar-refractivity contribution in [1.82, 2.24) is 5.32 Å². The Hall–Kier alpha value is -3.17. The lowest BCUT2D eigenvalue weighted by Crippen LogP contribution is -2.43. The molecular weight excluding hydrogens is 396 g/mol. The summed E-state index contributed by atoms with van der Waals surface area (Å²) in [4.78, 5) is 46.5. The molecule has 166 valence electrons. The van der Waals surface area contributed by atoms with Crippen LogP contribution in [0.15, 0.2) is 24.3 Å². The van der Waals surface area contributed by atoms with E-state index in [2.05, 4.69) is 5.32 Å². The number of hydrogen-bond donors (Lipinski definition) is 1. The molecule has 1 aromatic carbocycles. The third-order valence-electron chi connectivity index (χ3n) is 3.63. The van der Waals surface area contributed by atoms with Crippen LogP contribution in [0, 0.1) is 10.1 Å². The highest BCUT2D eigenvalue weighted by Crippen LogP contribution is 2.17. The van der Waals surface area contributed by atoms with E-state index in [0.29, 0.717) is 6.42 Å². The zero-order valence-corrected chi connectivity index (χ0v) is 17.6. The minimum absolute atomic E-state index is 0.0325. The maximum Gasteiger partial charge on any atom is 0.413 e. The first-order valence-corrected chi connectivity index (χ1v) is 9.63. The highest BCUT2D eigenvalue weighted by atomic mass is 16.6. The van der Waals surface area contributed by atoms with Gasteiger partial charge in [-0.2, -0.15) is 0 Å². The van der Waals surface area contributed by atoms with E-state index in [4.69, 9.17) is 14.2 Å². The van der Waals surface area contributed by atoms with Crippen molar-refractivity contribution in [3.8, 4) is 5.75 Å². The fourth-order valence-corrected chi connectivity index (χ4v) is 2.24. The van der Waals surface area contributed by atoms with Crippen LogP contribution < -0.4 is 10.1 Å². The molecule has 0 spiro atoms. The fraction of sp³-hybridized carbons (Fsp3) is 0.550. The summed E-state index contributed by atoms with van der Waals surface area (Å²) in [5.41, 5.74) is -0.825. The summed E-state index contributed by atoms with van der Waals surface area (Å²) >= 11 is 0. The number of nitro groups is 1. The molecule has 1 aromatic rings. The molecule has 0 aliphatic rings. The molecule has 0 fully saturated rings. The number of hydrogen-bond acceptors (Lipinski definition) is 8. The number of carbonyl (C=O) groups is 3. The molecule has 10 heteroatoms. The Balaban J connectivity index is 2.72. The number of rotatable bonds is 10. The summed E-state index contributed by atoms with van der Waals surface area (Å²) in [6.07, 6.45) is 0.395. The summed E-state index contributed by atoms with van der Waals surface area (Å²) in [6, 6.07) is 3.77. The molecule has 0 aromatic heterocycles. The Kier molecular flexibility index (Phi) is 9.73. The highest BCUT2D eigenvalue weighted by molar-refractivity contribution is 5.83. The molecule has 0 radical (unpaired) electrons. The van der Waals surface area contributed by atoms with Crippen molar-refractivity contribution in [1.29, 1.82) is 0 Å². The maximum absolute atomic E-state index is 12.3. The van der Waals surface area contributed by atoms with E-state index < -0.39 is 34.6 Å². The summed E-state index contributed by atoms with van der Waals surface area (Å²) in [5.74, 6) is -1.14. The first-order chi connectivity index (χ1) is 14.0. The molecule has 0 heterocycles. The third kappa shape index (κ3) is 9.85. The molecule has 0 aliphatic carbocycles. The third-order valence-corrected chi connectivity index (χ3v) is 3.63. The Morgan fingerprint density at radius 2 is 1.80 bits per heavy atom. The Morgan fingerprint density at radius 3 is 2.33 bits per heavy atom. The predicted octanol–water partition coefficient (Wildman–Crippen LogP) is 3.52. The molecule has 1 N–H and O–H groups in total. The van der Waals surface area contributed by atoms with Crippen molar-refractivity contribution in [2.45, 2.75) is 65.0 Å². The number of ether oxygens (including phenoxy) is 3. The maximum atomic E-state index is 12.3. The molecule has 0 bridgehead atoms. The van der Waals surface area contributed by atoms with Crippen molar-refractivity contribution in [3.63, 3.8) is 0 Å². The van der Waals surface area contributed by atoms with E-state index in [0.717, 1.165) is 6.42 Å². The first-order valence-electron chi connectivity index (χ1n) is 9.63. The van der Waals surface area contributed by atoms with Gasteiger partial charge in [0, 0.05) is 18.6 Å². The molecule has 0 saturated carbocycles. The standard InChI is InChI=1S/C20H28N2O8/c1-5-6-13-28-18(24)16(11-12-17(23)30-20(2,3)4)21-19(25)29-15-9-7-14(8-10-15)22(26)27/h7-10,16H,5-6,11-13H2,1-4H3,(H,21,25)/t16-/m0/s1. The number of nitro benzene ring substituents is 1. The summed E-state index contributed by atoms with van der Waals surface area (Å²) in [7, 11) is 0. The second kappa shape index (κ2) is 11.7. The van der Waals surface area contributed by atoms with E-state index in [1.54, 1.807) is 20.8 Å². The minimum atomic E-state index is -1.11. The Labute approximate surface area is 175 Å². The average molecular weight is 424 g/mol. The molecule has 1 amide bonds. The van der Waals surface area contributed by atoms with E-state index in [1.165, 1.54) is 24.3 Å². The highest BCUT2D eigenvalue weighted by Gasteiger charge is 2.26. The number of nitrogens with zero attached hydrogens (tertiary/aromatic N) is 1. The van der Waals surface area contributed by atoms with Crippen molar-refractivity contribution >= 4 is 23.7 Å². The summed E-state index contributed by atoms with van der Waals surface area (Å²) < 4.78 is 15.4. The Morgan fingerprint density at radius 1 is 1.17 bits per heavy atom. The van der Waals surface area contributed by atoms with Gasteiger partial charge in [-0.05, 0) is 45.7 Å². The van der Waals surface area contributed by atoms with Gasteiger partial charge in [-0.25, -0.2) is 9.59 Å². The van der Waals surface area contributed by atoms with Crippen molar-refractivity contribution < 1.29 is 33.5 Å². The van der Waals surface area contributed by atoms with E-state index in [-0.39, 0.29) is 30.9 Å². The molecule has 30 heavy (non-hydrogen) atoms. The smallest absolute Gasteiger partial charge is 0.413 e. The van der Waals surface area contributed by atoms with E-state index >= 15 is 0 Å². The van der Waals surface area contributed by atoms with Gasteiger partial charge >= 0.3 is 18.0 Å². The molecule has 10 nitrogen and oxygen atoms in total. The van der Waals surface area contributed by atoms with Crippen LogP contribution in [0.5, 0.6) is 5.75 Å². The Bertz CT molecular complexity index is 740. The molecule has 1 atom stereocenters. The van der Waals surface area contributed by atoms with Gasteiger partial charge in [-0.1, -0.05) is 13.3 Å². The number of non-ortho nitro benzene ring substituents is 1. The van der Waals surface area contributed by atoms with E-state index in [1.807, 2.05) is 6.92 Å². The number of amides is 1. The molecule has 0 saturated heterocycles. The lowest BCUT2D eigenvalue weighted by Gasteiger charge is -2.21. The van der Waals surface area contributed by atoms with Crippen molar-refractivity contribution in [2.75, 3.05) is 6.61 Å². The summed E-state index contributed by atoms with van der Waals surface area (Å²) in [5, 5.41) is 13.0. The van der Waals surface area contributed by atoms with Gasteiger partial charge in [-0.3, -0.25) is 14.9 Å². The van der Waals surface area contributed by atoms with Crippen molar-refractivity contribution in [3.05, 3.63) is 34.4 Å². The van der Waals surface area contributed by atoms with Gasteiger partial charge in [0.25, 0.3) is 5.69 Å². The number of nitrogens with one attached hydrogen (secondary N) is 1. The van der Waals surface area contributed by atoms with Gasteiger partial charge in [-0.15, -0.1) is 0 Å². The molecular formula is C20H28N2O8. The number of esters is 2. The summed E-state index contributed by atoms with van der Waals surface area (Å²) in [6.45, 7) is 7.30. The monoisotopic (exact) mass is 424 g/mol. The lowest BCUT2D eigenvalue weighted by molar-refractivity contribution is -0.384. The molecule has 0 unspecified atom stereocenters. The van der Waals surface area contributed by atoms with Gasteiger partial charge in [0.15, 0.2) is 0 Å². The second-order valence-corrected chi connectivity index (χ2v) is 7.48. The van der Waals surface area contributed by atoms with Crippen LogP contribution >= 0.6 is 0 Å². The number of benzene rings is 1. The average Bonchev–Trinajstić information content (AvgIpc) is 2.64. The van der Waals surface area contributed by atoms with Gasteiger partial charge < -0.3 is 19.5 Å². The molecule has 0 aliphatic heterocycles. The second-order valence-electron chi connectivity index (χ2n) is 7.48. The number of unbranched alkanes of at least 4 members (excludes halogenated alkanes) is 1. The number of carbonyl (C=O) groups excluding carboxylic acids is 3. The van der Waals surface area contributed by atoms with Crippen LogP contribution in [-0.2, 0) is 19.1 Å². The SMILES string of the molecule is CCCCOC(=O)[C@H](CCC(=O)OC(C)(C)C)NC(=O)Oc1ccc([N+](=O)[O-])cc1. The largest absolute Gasteiger partial charge is 0.464 e. The molecule has 1 rings (SSSR count). The van der Waals surface area contributed by atoms with Crippen LogP contribution in [0.3, 0.4) is 0 Å². The van der Waals surface area contributed by atoms with Crippen LogP contribution in [0.1, 0.15) is 53.4 Å². The van der Waals surface area contributed by atoms with Crippen LogP contribution in [0.4, 0.5) is 10.5 Å². The zero-order chi connectivity index (χ0) is 22.7. The van der Waals surface area contributed by atoms with Gasteiger partial charge in [0.1, 0.15) is 17.4 Å². The van der Waals surface area contributed by atoms with E-state index in [9.17, 15) is 24.5 Å². The topological polar surface area (TPSA) is 134 Å². The van der Waals surface area contributed by atoms with Crippen LogP contribution in [0.25, 0.3) is 0 Å². The quantitative estimate of drug-likeness (QED) is 0.261. The van der Waals surface area contributed by atoms with Crippen LogP contribution in [0.2, 0.25) is 0 Å². The van der Waals surface area contributed by atoms with Crippen LogP contribution in [-0.4, -0.2) is 41.2 Å². The van der Waals surface area contributed by atoms with Crippen molar-refractivity contribution in [2.24, 2.45) is 0 Å². The first kappa shape index (κ1) is 24.9. The fourth-order valence-electron chi connectivity index (χ4n) is 2.24. The lowest BCUT2D eigenvalue weighted by atomic mass is 10.1.